The summed E-state index contributed by atoms with van der Waals surface area (Å²) in [4.78, 5) is 2.35. The van der Waals surface area contributed by atoms with E-state index in [4.69, 9.17) is 14.6 Å². The zero-order valence-corrected chi connectivity index (χ0v) is 17.3. The number of aliphatic hydroxyl groups excluding tert-OH is 1. The molecule has 1 aromatic heterocycles. The lowest BCUT2D eigenvalue weighted by molar-refractivity contribution is 0.122. The Morgan fingerprint density at radius 3 is 2.71 bits per heavy atom. The molecule has 0 amide bonds. The zero-order chi connectivity index (χ0) is 20.1. The number of aryl methyl sites for hydroxylation is 1. The van der Waals surface area contributed by atoms with Crippen molar-refractivity contribution in [2.45, 2.75) is 32.4 Å². The normalized spacial score (nSPS) is 15.9. The van der Waals surface area contributed by atoms with Gasteiger partial charge in [-0.1, -0.05) is 26.0 Å². The van der Waals surface area contributed by atoms with Crippen LogP contribution in [0.5, 0.6) is 5.75 Å². The number of nitrogens with one attached hydrogen (secondary N) is 1. The molecule has 1 atom stereocenters. The molecule has 28 heavy (non-hydrogen) atoms. The Morgan fingerprint density at radius 1 is 1.29 bits per heavy atom. The van der Waals surface area contributed by atoms with Crippen molar-refractivity contribution in [1.29, 1.82) is 0 Å². The third kappa shape index (κ3) is 4.66. The lowest BCUT2D eigenvalue weighted by Crippen LogP contribution is -2.38. The summed E-state index contributed by atoms with van der Waals surface area (Å²) in [5.41, 5.74) is 3.15. The molecule has 1 saturated heterocycles. The van der Waals surface area contributed by atoms with Crippen LogP contribution in [0.2, 0.25) is 0 Å². The van der Waals surface area contributed by atoms with Crippen LogP contribution in [-0.2, 0) is 18.3 Å². The fourth-order valence-corrected chi connectivity index (χ4v) is 3.68. The second-order valence-corrected chi connectivity index (χ2v) is 7.49. The second kappa shape index (κ2) is 9.41. The topological polar surface area (TPSA) is 71.8 Å². The average Bonchev–Trinajstić information content (AvgIpc) is 3.05. The minimum atomic E-state index is -0.596. The van der Waals surface area contributed by atoms with Gasteiger partial charge >= 0.3 is 0 Å². The molecule has 0 spiro atoms. The quantitative estimate of drug-likeness (QED) is 0.723. The van der Waals surface area contributed by atoms with Crippen LogP contribution in [0.3, 0.4) is 0 Å². The van der Waals surface area contributed by atoms with E-state index in [2.05, 4.69) is 24.1 Å². The van der Waals surface area contributed by atoms with Gasteiger partial charge in [-0.05, 0) is 23.6 Å². The number of anilines is 1. The number of aliphatic hydroxyl groups is 1. The number of hydrogen-bond donors (Lipinski definition) is 2. The molecule has 7 nitrogen and oxygen atoms in total. The number of hydrogen-bond acceptors (Lipinski definition) is 6. The number of aromatic nitrogens is 2. The number of rotatable bonds is 8. The highest BCUT2D eigenvalue weighted by Crippen LogP contribution is 2.29. The lowest BCUT2D eigenvalue weighted by atomic mass is 10.0. The minimum Gasteiger partial charge on any atom is -0.497 e. The van der Waals surface area contributed by atoms with E-state index in [1.165, 1.54) is 5.56 Å². The number of benzene rings is 1. The summed E-state index contributed by atoms with van der Waals surface area (Å²) in [6, 6.07) is 7.56. The molecule has 0 unspecified atom stereocenters. The predicted molar refractivity (Wildman–Crippen MR) is 110 cm³/mol. The molecule has 2 heterocycles. The molecule has 3 rings (SSSR count). The van der Waals surface area contributed by atoms with Crippen molar-refractivity contribution < 1.29 is 14.6 Å². The van der Waals surface area contributed by atoms with Crippen molar-refractivity contribution >= 4 is 5.82 Å². The molecule has 1 aromatic carbocycles. The van der Waals surface area contributed by atoms with Crippen molar-refractivity contribution in [1.82, 2.24) is 15.1 Å². The number of methoxy groups -OCH3 is 1. The Kier molecular flexibility index (Phi) is 6.93. The van der Waals surface area contributed by atoms with Crippen LogP contribution < -0.4 is 15.0 Å². The van der Waals surface area contributed by atoms with Crippen LogP contribution >= 0.6 is 0 Å². The SMILES string of the molecule is COc1cccc([C@@H](O)CNCc2c(C(C)C)nn(C)c2N2CCOCC2)c1. The molecular formula is C21H32N4O3. The van der Waals surface area contributed by atoms with Gasteiger partial charge in [-0.3, -0.25) is 4.68 Å². The van der Waals surface area contributed by atoms with Gasteiger partial charge in [0.25, 0.3) is 0 Å². The summed E-state index contributed by atoms with van der Waals surface area (Å²) in [7, 11) is 3.64. The van der Waals surface area contributed by atoms with E-state index in [1.807, 2.05) is 36.0 Å². The van der Waals surface area contributed by atoms with Crippen LogP contribution in [0.25, 0.3) is 0 Å². The first-order valence-electron chi connectivity index (χ1n) is 9.92. The Labute approximate surface area is 167 Å². The average molecular weight is 389 g/mol. The first-order valence-corrected chi connectivity index (χ1v) is 9.92. The van der Waals surface area contributed by atoms with Crippen molar-refractivity contribution in [2.24, 2.45) is 7.05 Å². The van der Waals surface area contributed by atoms with Crippen molar-refractivity contribution in [2.75, 3.05) is 44.9 Å². The van der Waals surface area contributed by atoms with E-state index in [0.717, 1.165) is 49.1 Å². The van der Waals surface area contributed by atoms with Crippen molar-refractivity contribution in [3.05, 3.63) is 41.1 Å². The molecule has 0 bridgehead atoms. The molecule has 7 heteroatoms. The molecule has 1 aliphatic heterocycles. The number of nitrogens with zero attached hydrogens (tertiary/aromatic N) is 3. The van der Waals surface area contributed by atoms with Gasteiger partial charge in [-0.25, -0.2) is 0 Å². The molecular weight excluding hydrogens is 356 g/mol. The van der Waals surface area contributed by atoms with Crippen LogP contribution in [0.1, 0.15) is 42.7 Å². The van der Waals surface area contributed by atoms with Crippen LogP contribution in [0, 0.1) is 0 Å². The molecule has 2 N–H and O–H groups in total. The summed E-state index contributed by atoms with van der Waals surface area (Å²) < 4.78 is 12.7. The maximum Gasteiger partial charge on any atom is 0.131 e. The Balaban J connectivity index is 1.72. The molecule has 2 aromatic rings. The highest BCUT2D eigenvalue weighted by Gasteiger charge is 2.24. The molecule has 1 fully saturated rings. The fraction of sp³-hybridized carbons (Fsp3) is 0.571. The van der Waals surface area contributed by atoms with E-state index < -0.39 is 6.10 Å². The van der Waals surface area contributed by atoms with Gasteiger partial charge in [0.15, 0.2) is 0 Å². The maximum atomic E-state index is 10.6. The third-order valence-electron chi connectivity index (χ3n) is 5.12. The van der Waals surface area contributed by atoms with Crippen molar-refractivity contribution in [3.8, 4) is 5.75 Å². The third-order valence-corrected chi connectivity index (χ3v) is 5.12. The zero-order valence-electron chi connectivity index (χ0n) is 17.3. The number of morpholine rings is 1. The highest BCUT2D eigenvalue weighted by molar-refractivity contribution is 5.51. The predicted octanol–water partition coefficient (Wildman–Crippen LogP) is 2.21. The summed E-state index contributed by atoms with van der Waals surface area (Å²) >= 11 is 0. The Morgan fingerprint density at radius 2 is 2.04 bits per heavy atom. The van der Waals surface area contributed by atoms with Gasteiger partial charge in [0.2, 0.25) is 0 Å². The summed E-state index contributed by atoms with van der Waals surface area (Å²) in [5, 5.41) is 18.8. The summed E-state index contributed by atoms with van der Waals surface area (Å²) in [5.74, 6) is 2.23. The van der Waals surface area contributed by atoms with Gasteiger partial charge in [0.05, 0.1) is 32.1 Å². The largest absolute Gasteiger partial charge is 0.497 e. The monoisotopic (exact) mass is 388 g/mol. The van der Waals surface area contributed by atoms with E-state index in [9.17, 15) is 5.11 Å². The Hall–Kier alpha value is -2.09. The Bertz CT molecular complexity index is 769. The van der Waals surface area contributed by atoms with Gasteiger partial charge < -0.3 is 24.8 Å². The summed E-state index contributed by atoms with van der Waals surface area (Å²) in [6.45, 7) is 8.68. The molecule has 154 valence electrons. The highest BCUT2D eigenvalue weighted by atomic mass is 16.5. The van der Waals surface area contributed by atoms with Gasteiger partial charge in [0, 0.05) is 38.8 Å². The lowest BCUT2D eigenvalue weighted by Gasteiger charge is -2.29. The fourth-order valence-electron chi connectivity index (χ4n) is 3.68. The van der Waals surface area contributed by atoms with Gasteiger partial charge in [-0.2, -0.15) is 5.10 Å². The van der Waals surface area contributed by atoms with E-state index in [0.29, 0.717) is 19.0 Å². The van der Waals surface area contributed by atoms with E-state index in [1.54, 1.807) is 7.11 Å². The molecule has 0 radical (unpaired) electrons. The standard InChI is InChI=1S/C21H32N4O3/c1-15(2)20-18(21(24(3)23-20)25-8-10-28-11-9-25)13-22-14-19(26)16-6-5-7-17(12-16)27-4/h5-7,12,15,19,22,26H,8-11,13-14H2,1-4H3/t19-/m0/s1. The van der Waals surface area contributed by atoms with Crippen LogP contribution in [-0.4, -0.2) is 54.8 Å². The number of ether oxygens (including phenoxy) is 2. The molecule has 0 saturated carbocycles. The smallest absolute Gasteiger partial charge is 0.131 e. The second-order valence-electron chi connectivity index (χ2n) is 7.49. The maximum absolute atomic E-state index is 10.6. The van der Waals surface area contributed by atoms with Gasteiger partial charge in [0.1, 0.15) is 11.6 Å². The van der Waals surface area contributed by atoms with E-state index >= 15 is 0 Å². The van der Waals surface area contributed by atoms with Gasteiger partial charge in [-0.15, -0.1) is 0 Å². The molecule has 0 aliphatic carbocycles. The summed E-state index contributed by atoms with van der Waals surface area (Å²) in [6.07, 6.45) is -0.596. The van der Waals surface area contributed by atoms with Crippen LogP contribution in [0.15, 0.2) is 24.3 Å². The van der Waals surface area contributed by atoms with E-state index in [-0.39, 0.29) is 0 Å². The van der Waals surface area contributed by atoms with Crippen molar-refractivity contribution in [3.63, 3.8) is 0 Å². The first kappa shape index (κ1) is 20.6. The van der Waals surface area contributed by atoms with Crippen LogP contribution in [0.4, 0.5) is 5.82 Å². The molecule has 1 aliphatic rings. The minimum absolute atomic E-state index is 0.334. The first-order chi connectivity index (χ1) is 13.5.